The molecule has 2 rings (SSSR count). The van der Waals surface area contributed by atoms with E-state index in [4.69, 9.17) is 0 Å². The quantitative estimate of drug-likeness (QED) is 0.586. The molecule has 12 heavy (non-hydrogen) atoms. The van der Waals surface area contributed by atoms with E-state index >= 15 is 0 Å². The van der Waals surface area contributed by atoms with Gasteiger partial charge in [0, 0.05) is 0 Å². The molecule has 0 aromatic rings. The van der Waals surface area contributed by atoms with Gasteiger partial charge in [-0.3, -0.25) is 0 Å². The summed E-state index contributed by atoms with van der Waals surface area (Å²) in [6, 6.07) is 0. The lowest BCUT2D eigenvalue weighted by molar-refractivity contribution is 0.162. The normalized spacial score (nSPS) is 51.8. The molecule has 5 unspecified atom stereocenters. The number of hydrogen-bond acceptors (Lipinski definition) is 0. The summed E-state index contributed by atoms with van der Waals surface area (Å²) in [7, 11) is 0. The van der Waals surface area contributed by atoms with Crippen LogP contribution in [-0.2, 0) is 0 Å². The lowest BCUT2D eigenvalue weighted by atomic mass is 9.72. The molecule has 0 amide bonds. The summed E-state index contributed by atoms with van der Waals surface area (Å²) in [5.41, 5.74) is 0. The minimum absolute atomic E-state index is 1.04. The van der Waals surface area contributed by atoms with Crippen LogP contribution in [0.3, 0.4) is 0 Å². The molecule has 2 bridgehead atoms. The Morgan fingerprint density at radius 3 is 2.25 bits per heavy atom. The predicted molar refractivity (Wildman–Crippen MR) is 52.9 cm³/mol. The molecule has 0 heteroatoms. The Morgan fingerprint density at radius 2 is 1.67 bits per heavy atom. The molecule has 5 atom stereocenters. The Hall–Kier alpha value is 0. The highest BCUT2D eigenvalue weighted by Crippen LogP contribution is 2.57. The van der Waals surface area contributed by atoms with Crippen molar-refractivity contribution in [2.24, 2.45) is 29.6 Å². The predicted octanol–water partition coefficient (Wildman–Crippen LogP) is 3.71. The van der Waals surface area contributed by atoms with Crippen LogP contribution in [0.25, 0.3) is 0 Å². The van der Waals surface area contributed by atoms with Gasteiger partial charge in [-0.1, -0.05) is 33.6 Å². The number of hydrogen-bond donors (Lipinski definition) is 0. The van der Waals surface area contributed by atoms with E-state index in [-0.39, 0.29) is 0 Å². The summed E-state index contributed by atoms with van der Waals surface area (Å²) in [5, 5.41) is 0. The zero-order valence-corrected chi connectivity index (χ0v) is 8.72. The first-order chi connectivity index (χ1) is 5.77. The molecule has 0 heterocycles. The molecule has 2 aliphatic carbocycles. The van der Waals surface area contributed by atoms with Crippen molar-refractivity contribution in [3.05, 3.63) is 0 Å². The Morgan fingerprint density at radius 1 is 1.00 bits per heavy atom. The van der Waals surface area contributed by atoms with Gasteiger partial charge in [-0.05, 0) is 42.4 Å². The maximum absolute atomic E-state index is 2.47. The van der Waals surface area contributed by atoms with E-state index in [1.807, 2.05) is 0 Å². The molecular weight excluding hydrogens is 144 g/mol. The average Bonchev–Trinajstić information content (AvgIpc) is 2.58. The van der Waals surface area contributed by atoms with Crippen LogP contribution in [0, 0.1) is 29.6 Å². The third kappa shape index (κ3) is 1.03. The van der Waals surface area contributed by atoms with E-state index in [1.54, 1.807) is 12.8 Å². The maximum atomic E-state index is 2.47. The van der Waals surface area contributed by atoms with E-state index in [2.05, 4.69) is 20.8 Å². The van der Waals surface area contributed by atoms with Gasteiger partial charge in [0.15, 0.2) is 0 Å². The van der Waals surface area contributed by atoms with Crippen LogP contribution in [0.5, 0.6) is 0 Å². The minimum Gasteiger partial charge on any atom is -0.0651 e. The van der Waals surface area contributed by atoms with Gasteiger partial charge in [-0.15, -0.1) is 0 Å². The summed E-state index contributed by atoms with van der Waals surface area (Å²) in [4.78, 5) is 0. The van der Waals surface area contributed by atoms with Crippen molar-refractivity contribution in [1.29, 1.82) is 0 Å². The first-order valence-electron chi connectivity index (χ1n) is 5.77. The molecule has 0 nitrogen and oxygen atoms in total. The third-order valence-corrected chi connectivity index (χ3v) is 4.63. The summed E-state index contributed by atoms with van der Waals surface area (Å²) < 4.78 is 0. The second-order valence-electron chi connectivity index (χ2n) is 5.02. The van der Waals surface area contributed by atoms with Crippen molar-refractivity contribution in [1.82, 2.24) is 0 Å². The molecule has 0 radical (unpaired) electrons. The van der Waals surface area contributed by atoms with Crippen molar-refractivity contribution in [2.45, 2.75) is 46.5 Å². The zero-order valence-electron chi connectivity index (χ0n) is 8.72. The van der Waals surface area contributed by atoms with Crippen LogP contribution in [0.4, 0.5) is 0 Å². The highest BCUT2D eigenvalue weighted by atomic mass is 14.5. The van der Waals surface area contributed by atoms with Crippen LogP contribution in [-0.4, -0.2) is 0 Å². The van der Waals surface area contributed by atoms with Gasteiger partial charge in [0.25, 0.3) is 0 Å². The smallest absolute Gasteiger partial charge is 0.0355 e. The van der Waals surface area contributed by atoms with Gasteiger partial charge >= 0.3 is 0 Å². The largest absolute Gasteiger partial charge is 0.0651 e. The van der Waals surface area contributed by atoms with Crippen molar-refractivity contribution >= 4 is 0 Å². The van der Waals surface area contributed by atoms with Crippen molar-refractivity contribution in [3.63, 3.8) is 0 Å². The van der Waals surface area contributed by atoms with E-state index in [1.165, 1.54) is 12.8 Å². The van der Waals surface area contributed by atoms with Gasteiger partial charge in [0.05, 0.1) is 0 Å². The number of fused-ring (bicyclic) bond motifs is 2. The Bertz CT molecular complexity index is 159. The molecule has 0 aromatic carbocycles. The fourth-order valence-electron chi connectivity index (χ4n) is 4.19. The van der Waals surface area contributed by atoms with Crippen molar-refractivity contribution in [2.75, 3.05) is 0 Å². The first-order valence-corrected chi connectivity index (χ1v) is 5.77. The lowest BCUT2D eigenvalue weighted by Crippen LogP contribution is -2.25. The summed E-state index contributed by atoms with van der Waals surface area (Å²) in [6.07, 6.45) is 5.98. The van der Waals surface area contributed by atoms with E-state index in [0.29, 0.717) is 0 Å². The minimum atomic E-state index is 1.04. The van der Waals surface area contributed by atoms with Crippen molar-refractivity contribution < 1.29 is 0 Å². The Balaban J connectivity index is 2.11. The van der Waals surface area contributed by atoms with Gasteiger partial charge in [-0.2, -0.15) is 0 Å². The van der Waals surface area contributed by atoms with Gasteiger partial charge in [0.1, 0.15) is 0 Å². The molecule has 70 valence electrons. The van der Waals surface area contributed by atoms with Crippen LogP contribution < -0.4 is 0 Å². The molecule has 0 N–H and O–H groups in total. The average molecular weight is 166 g/mol. The van der Waals surface area contributed by atoms with Gasteiger partial charge < -0.3 is 0 Å². The fraction of sp³-hybridized carbons (Fsp3) is 1.00. The molecule has 0 spiro atoms. The number of rotatable bonds is 2. The van der Waals surface area contributed by atoms with Gasteiger partial charge in [0.2, 0.25) is 0 Å². The van der Waals surface area contributed by atoms with E-state index in [9.17, 15) is 0 Å². The second-order valence-corrected chi connectivity index (χ2v) is 5.02. The summed E-state index contributed by atoms with van der Waals surface area (Å²) >= 11 is 0. The lowest BCUT2D eigenvalue weighted by Gasteiger charge is -2.33. The second kappa shape index (κ2) is 3.05. The highest BCUT2D eigenvalue weighted by molar-refractivity contribution is 4.98. The van der Waals surface area contributed by atoms with E-state index < -0.39 is 0 Å². The Labute approximate surface area is 76.7 Å². The molecule has 0 aliphatic heterocycles. The standard InChI is InChI=1S/C12H22/c1-4-10-9-6-8(3)12(7-9)11(10)5-2/h8-12H,4-7H2,1-3H3. The summed E-state index contributed by atoms with van der Waals surface area (Å²) in [6.45, 7) is 7.25. The van der Waals surface area contributed by atoms with Crippen LogP contribution >= 0.6 is 0 Å². The maximum Gasteiger partial charge on any atom is -0.0355 e. The zero-order chi connectivity index (χ0) is 8.72. The monoisotopic (exact) mass is 166 g/mol. The molecule has 0 aromatic heterocycles. The molecule has 2 aliphatic rings. The molecule has 2 saturated carbocycles. The molecule has 0 saturated heterocycles. The van der Waals surface area contributed by atoms with Crippen LogP contribution in [0.2, 0.25) is 0 Å². The third-order valence-electron chi connectivity index (χ3n) is 4.63. The Kier molecular flexibility index (Phi) is 2.18. The van der Waals surface area contributed by atoms with E-state index in [0.717, 1.165) is 29.6 Å². The molecule has 2 fully saturated rings. The fourth-order valence-corrected chi connectivity index (χ4v) is 4.19. The first kappa shape index (κ1) is 8.59. The highest BCUT2D eigenvalue weighted by Gasteiger charge is 2.48. The summed E-state index contributed by atoms with van der Waals surface area (Å²) in [5.74, 6) is 5.44. The van der Waals surface area contributed by atoms with Gasteiger partial charge in [-0.25, -0.2) is 0 Å². The van der Waals surface area contributed by atoms with Crippen LogP contribution in [0.15, 0.2) is 0 Å². The molecular formula is C12H22. The SMILES string of the molecule is CCC1C2CC(C)C(C2)C1CC. The van der Waals surface area contributed by atoms with Crippen LogP contribution in [0.1, 0.15) is 46.5 Å². The topological polar surface area (TPSA) is 0 Å². The van der Waals surface area contributed by atoms with Crippen molar-refractivity contribution in [3.8, 4) is 0 Å².